The zero-order valence-corrected chi connectivity index (χ0v) is 14.3. The second-order valence-electron chi connectivity index (χ2n) is 6.45. The smallest absolute Gasteiger partial charge is 0.222 e. The first kappa shape index (κ1) is 16.5. The molecule has 1 atom stereocenters. The maximum Gasteiger partial charge on any atom is 0.222 e. The van der Waals surface area contributed by atoms with E-state index in [4.69, 9.17) is 0 Å². The lowest BCUT2D eigenvalue weighted by atomic mass is 9.79. The number of carbonyl (C=O) groups is 1. The van der Waals surface area contributed by atoms with Gasteiger partial charge in [-0.2, -0.15) is 0 Å². The predicted octanol–water partition coefficient (Wildman–Crippen LogP) is 3.42. The van der Waals surface area contributed by atoms with Gasteiger partial charge in [0.05, 0.1) is 0 Å². The highest BCUT2D eigenvalue weighted by Crippen LogP contribution is 2.30. The van der Waals surface area contributed by atoms with Crippen molar-refractivity contribution in [3.05, 3.63) is 21.9 Å². The molecule has 0 aliphatic heterocycles. The number of thiophene rings is 1. The first-order valence-corrected chi connectivity index (χ1v) is 8.88. The summed E-state index contributed by atoms with van der Waals surface area (Å²) in [6, 6.07) is 4.51. The number of amides is 1. The van der Waals surface area contributed by atoms with Crippen LogP contribution >= 0.6 is 11.3 Å². The van der Waals surface area contributed by atoms with E-state index in [1.807, 2.05) is 18.4 Å². The molecule has 1 heterocycles. The van der Waals surface area contributed by atoms with Crippen LogP contribution in [0.25, 0.3) is 0 Å². The van der Waals surface area contributed by atoms with Crippen molar-refractivity contribution < 1.29 is 4.79 Å². The van der Waals surface area contributed by atoms with E-state index in [2.05, 4.69) is 36.6 Å². The Bertz CT molecular complexity index is 463. The third-order valence-corrected chi connectivity index (χ3v) is 5.57. The van der Waals surface area contributed by atoms with Crippen molar-refractivity contribution in [1.29, 1.82) is 0 Å². The van der Waals surface area contributed by atoms with Crippen LogP contribution in [0, 0.1) is 6.92 Å². The molecule has 1 unspecified atom stereocenters. The topological polar surface area (TPSA) is 41.1 Å². The Morgan fingerprint density at radius 1 is 1.33 bits per heavy atom. The minimum Gasteiger partial charge on any atom is -0.353 e. The minimum absolute atomic E-state index is 0.0293. The van der Waals surface area contributed by atoms with E-state index in [0.717, 1.165) is 19.3 Å². The lowest BCUT2D eigenvalue weighted by Gasteiger charge is -2.37. The highest BCUT2D eigenvalue weighted by atomic mass is 32.1. The molecule has 1 aliphatic carbocycles. The van der Waals surface area contributed by atoms with Gasteiger partial charge in [-0.05, 0) is 45.9 Å². The van der Waals surface area contributed by atoms with Gasteiger partial charge in [0.1, 0.15) is 0 Å². The third kappa shape index (κ3) is 4.82. The molecular formula is C17H28N2OS. The first-order valence-electron chi connectivity index (χ1n) is 8.07. The van der Waals surface area contributed by atoms with Crippen LogP contribution in [0.3, 0.4) is 0 Å². The molecule has 2 N–H and O–H groups in total. The van der Waals surface area contributed by atoms with Gasteiger partial charge in [0, 0.05) is 34.2 Å². The SMILES string of the molecule is CNC1(CC(=O)NC(C)Cc2ccc(C)s2)CCCCC1. The summed E-state index contributed by atoms with van der Waals surface area (Å²) in [7, 11) is 2.00. The van der Waals surface area contributed by atoms with E-state index in [9.17, 15) is 4.79 Å². The molecule has 21 heavy (non-hydrogen) atoms. The number of hydrogen-bond donors (Lipinski definition) is 2. The quantitative estimate of drug-likeness (QED) is 0.845. The standard InChI is InChI=1S/C17H28N2OS/c1-13(11-15-8-7-14(2)21-15)19-16(20)12-17(18-3)9-5-4-6-10-17/h7-8,13,18H,4-6,9-12H2,1-3H3,(H,19,20). The molecular weight excluding hydrogens is 280 g/mol. The Morgan fingerprint density at radius 2 is 2.05 bits per heavy atom. The average Bonchev–Trinajstić information content (AvgIpc) is 2.84. The molecule has 1 aromatic rings. The van der Waals surface area contributed by atoms with Gasteiger partial charge in [0.25, 0.3) is 0 Å². The molecule has 4 heteroatoms. The normalized spacial score (nSPS) is 19.2. The summed E-state index contributed by atoms with van der Waals surface area (Å²) in [6.45, 7) is 4.22. The molecule has 1 aromatic heterocycles. The average molecular weight is 308 g/mol. The number of nitrogens with one attached hydrogen (secondary N) is 2. The van der Waals surface area contributed by atoms with Crippen LogP contribution in [0.5, 0.6) is 0 Å². The molecule has 2 rings (SSSR count). The Morgan fingerprint density at radius 3 is 2.62 bits per heavy atom. The van der Waals surface area contributed by atoms with Crippen molar-refractivity contribution in [1.82, 2.24) is 10.6 Å². The van der Waals surface area contributed by atoms with Crippen LogP contribution in [-0.2, 0) is 11.2 Å². The third-order valence-electron chi connectivity index (χ3n) is 4.55. The van der Waals surface area contributed by atoms with E-state index in [0.29, 0.717) is 6.42 Å². The Labute approximate surface area is 132 Å². The molecule has 1 fully saturated rings. The van der Waals surface area contributed by atoms with Crippen molar-refractivity contribution in [2.75, 3.05) is 7.05 Å². The largest absolute Gasteiger partial charge is 0.353 e. The van der Waals surface area contributed by atoms with Gasteiger partial charge in [0.15, 0.2) is 0 Å². The Kier molecular flexibility index (Phi) is 5.82. The van der Waals surface area contributed by atoms with E-state index in [1.54, 1.807) is 0 Å². The van der Waals surface area contributed by atoms with Crippen LogP contribution in [0.15, 0.2) is 12.1 Å². The maximum absolute atomic E-state index is 12.3. The monoisotopic (exact) mass is 308 g/mol. The Balaban J connectivity index is 1.82. The highest BCUT2D eigenvalue weighted by molar-refractivity contribution is 7.11. The van der Waals surface area contributed by atoms with Crippen LogP contribution in [-0.4, -0.2) is 24.5 Å². The molecule has 118 valence electrons. The zero-order valence-electron chi connectivity index (χ0n) is 13.5. The van der Waals surface area contributed by atoms with E-state index >= 15 is 0 Å². The Hall–Kier alpha value is -0.870. The summed E-state index contributed by atoms with van der Waals surface area (Å²) < 4.78 is 0. The number of hydrogen-bond acceptors (Lipinski definition) is 3. The molecule has 0 aromatic carbocycles. The molecule has 3 nitrogen and oxygen atoms in total. The summed E-state index contributed by atoms with van der Waals surface area (Å²) >= 11 is 1.82. The van der Waals surface area contributed by atoms with Crippen molar-refractivity contribution in [3.8, 4) is 0 Å². The van der Waals surface area contributed by atoms with Gasteiger partial charge in [-0.3, -0.25) is 4.79 Å². The lowest BCUT2D eigenvalue weighted by Crippen LogP contribution is -2.49. The second kappa shape index (κ2) is 7.41. The van der Waals surface area contributed by atoms with Crippen molar-refractivity contribution in [3.63, 3.8) is 0 Å². The van der Waals surface area contributed by atoms with Crippen LogP contribution in [0.1, 0.15) is 55.2 Å². The minimum atomic E-state index is 0.0293. The summed E-state index contributed by atoms with van der Waals surface area (Å²) in [5, 5.41) is 6.59. The number of carbonyl (C=O) groups excluding carboxylic acids is 1. The number of aryl methyl sites for hydroxylation is 1. The van der Waals surface area contributed by atoms with Gasteiger partial charge in [0.2, 0.25) is 5.91 Å². The summed E-state index contributed by atoms with van der Waals surface area (Å²) in [5.74, 6) is 0.187. The fourth-order valence-corrected chi connectivity index (χ4v) is 4.34. The van der Waals surface area contributed by atoms with Crippen molar-refractivity contribution >= 4 is 17.2 Å². The first-order chi connectivity index (χ1) is 10.0. The van der Waals surface area contributed by atoms with Gasteiger partial charge < -0.3 is 10.6 Å². The maximum atomic E-state index is 12.3. The van der Waals surface area contributed by atoms with Gasteiger partial charge in [-0.25, -0.2) is 0 Å². The number of rotatable bonds is 6. The van der Waals surface area contributed by atoms with Crippen molar-refractivity contribution in [2.24, 2.45) is 0 Å². The summed E-state index contributed by atoms with van der Waals surface area (Å²) in [5.41, 5.74) is 0.0293. The summed E-state index contributed by atoms with van der Waals surface area (Å²) in [6.07, 6.45) is 7.55. The highest BCUT2D eigenvalue weighted by Gasteiger charge is 2.32. The fraction of sp³-hybridized carbons (Fsp3) is 0.706. The van der Waals surface area contributed by atoms with Gasteiger partial charge in [-0.1, -0.05) is 19.3 Å². The predicted molar refractivity (Wildman–Crippen MR) is 89.9 cm³/mol. The summed E-state index contributed by atoms with van der Waals surface area (Å²) in [4.78, 5) is 15.0. The van der Waals surface area contributed by atoms with Crippen LogP contribution in [0.4, 0.5) is 0 Å². The van der Waals surface area contributed by atoms with E-state index < -0.39 is 0 Å². The zero-order chi connectivity index (χ0) is 15.3. The molecule has 0 spiro atoms. The molecule has 0 bridgehead atoms. The molecule has 1 amide bonds. The van der Waals surface area contributed by atoms with Crippen LogP contribution in [0.2, 0.25) is 0 Å². The fourth-order valence-electron chi connectivity index (χ4n) is 3.32. The molecule has 0 radical (unpaired) electrons. The van der Waals surface area contributed by atoms with Gasteiger partial charge in [-0.15, -0.1) is 11.3 Å². The lowest BCUT2D eigenvalue weighted by molar-refractivity contribution is -0.123. The molecule has 1 aliphatic rings. The van der Waals surface area contributed by atoms with E-state index in [-0.39, 0.29) is 17.5 Å². The molecule has 0 saturated heterocycles. The molecule has 1 saturated carbocycles. The van der Waals surface area contributed by atoms with Crippen molar-refractivity contribution in [2.45, 2.75) is 70.4 Å². The van der Waals surface area contributed by atoms with E-state index in [1.165, 1.54) is 29.0 Å². The second-order valence-corrected chi connectivity index (χ2v) is 7.83. The van der Waals surface area contributed by atoms with Crippen LogP contribution < -0.4 is 10.6 Å². The van der Waals surface area contributed by atoms with Gasteiger partial charge >= 0.3 is 0 Å².